The molecule has 0 spiro atoms. The third kappa shape index (κ3) is 6.57. The van der Waals surface area contributed by atoms with Gasteiger partial charge in [-0.25, -0.2) is 0 Å². The molecule has 2 saturated heterocycles. The molecule has 0 aromatic heterocycles. The Morgan fingerprint density at radius 2 is 1.84 bits per heavy atom. The molecule has 1 aromatic rings. The molecule has 8 heteroatoms. The van der Waals surface area contributed by atoms with Crippen molar-refractivity contribution in [3.05, 3.63) is 35.9 Å². The lowest BCUT2D eigenvalue weighted by Gasteiger charge is -2.35. The van der Waals surface area contributed by atoms with E-state index in [2.05, 4.69) is 55.8 Å². The largest absolute Gasteiger partial charge is 0.379 e. The molecule has 1 aliphatic carbocycles. The predicted octanol–water partition coefficient (Wildman–Crippen LogP) is 2.63. The monoisotopic (exact) mass is 555 g/mol. The molecule has 32 heavy (non-hydrogen) atoms. The first-order valence-corrected chi connectivity index (χ1v) is 11.9. The molecule has 7 nitrogen and oxygen atoms in total. The van der Waals surface area contributed by atoms with Crippen molar-refractivity contribution in [3.8, 4) is 0 Å². The standard InChI is InChI=1S/C24H37N5O2.HI/c1-25-24(27-21-11-12-29(18-21)23(30)20-9-5-6-10-20)26-17-22(19-7-3-2-4-8-19)28-13-15-31-16-14-28;/h2-4,7-8,20-22H,5-6,9-18H2,1H3,(H2,25,26,27);1H. The van der Waals surface area contributed by atoms with Gasteiger partial charge < -0.3 is 20.3 Å². The number of nitrogens with one attached hydrogen (secondary N) is 2. The highest BCUT2D eigenvalue weighted by Crippen LogP contribution is 2.28. The predicted molar refractivity (Wildman–Crippen MR) is 138 cm³/mol. The molecule has 178 valence electrons. The Kier molecular flexibility index (Phi) is 10.1. The summed E-state index contributed by atoms with van der Waals surface area (Å²) in [5.41, 5.74) is 1.31. The zero-order chi connectivity index (χ0) is 21.5. The number of benzene rings is 1. The lowest BCUT2D eigenvalue weighted by Crippen LogP contribution is -2.49. The molecule has 1 amide bonds. The summed E-state index contributed by atoms with van der Waals surface area (Å²) in [6, 6.07) is 11.2. The molecule has 1 aromatic carbocycles. The minimum Gasteiger partial charge on any atom is -0.379 e. The smallest absolute Gasteiger partial charge is 0.225 e. The summed E-state index contributed by atoms with van der Waals surface area (Å²) in [5.74, 6) is 1.44. The summed E-state index contributed by atoms with van der Waals surface area (Å²) in [6.07, 6.45) is 5.52. The van der Waals surface area contributed by atoms with Crippen LogP contribution < -0.4 is 10.6 Å². The Morgan fingerprint density at radius 1 is 1.12 bits per heavy atom. The minimum atomic E-state index is 0. The van der Waals surface area contributed by atoms with Gasteiger partial charge in [-0.2, -0.15) is 0 Å². The van der Waals surface area contributed by atoms with E-state index in [4.69, 9.17) is 4.74 Å². The first kappa shape index (κ1) is 25.2. The Balaban J connectivity index is 0.00000289. The number of guanidine groups is 1. The van der Waals surface area contributed by atoms with Gasteiger partial charge in [-0.05, 0) is 24.8 Å². The van der Waals surface area contributed by atoms with Crippen LogP contribution in [0, 0.1) is 5.92 Å². The van der Waals surface area contributed by atoms with Crippen molar-refractivity contribution in [1.82, 2.24) is 20.4 Å². The molecule has 3 fully saturated rings. The molecular formula is C24H38IN5O2. The van der Waals surface area contributed by atoms with Crippen molar-refractivity contribution in [2.24, 2.45) is 10.9 Å². The molecule has 0 radical (unpaired) electrons. The average molecular weight is 556 g/mol. The number of nitrogens with zero attached hydrogens (tertiary/aromatic N) is 3. The normalized spacial score (nSPS) is 23.6. The third-order valence-corrected chi connectivity index (χ3v) is 6.90. The second kappa shape index (κ2) is 12.7. The number of likely N-dealkylation sites (tertiary alicyclic amines) is 1. The highest BCUT2D eigenvalue weighted by molar-refractivity contribution is 14.0. The summed E-state index contributed by atoms with van der Waals surface area (Å²) >= 11 is 0. The van der Waals surface area contributed by atoms with Gasteiger partial charge in [-0.15, -0.1) is 24.0 Å². The number of carbonyl (C=O) groups excluding carboxylic acids is 1. The fraction of sp³-hybridized carbons (Fsp3) is 0.667. The van der Waals surface area contributed by atoms with Gasteiger partial charge in [0.15, 0.2) is 5.96 Å². The van der Waals surface area contributed by atoms with Gasteiger partial charge >= 0.3 is 0 Å². The van der Waals surface area contributed by atoms with E-state index in [9.17, 15) is 4.79 Å². The van der Waals surface area contributed by atoms with E-state index in [1.807, 2.05) is 7.05 Å². The van der Waals surface area contributed by atoms with Crippen molar-refractivity contribution >= 4 is 35.8 Å². The van der Waals surface area contributed by atoms with E-state index in [1.54, 1.807) is 0 Å². The van der Waals surface area contributed by atoms with Crippen LogP contribution in [0.3, 0.4) is 0 Å². The zero-order valence-corrected chi connectivity index (χ0v) is 21.5. The molecule has 3 aliphatic rings. The molecule has 2 unspecified atom stereocenters. The van der Waals surface area contributed by atoms with Gasteiger partial charge in [0.05, 0.1) is 19.3 Å². The Hall–Kier alpha value is -1.39. The maximum absolute atomic E-state index is 12.7. The highest BCUT2D eigenvalue weighted by atomic mass is 127. The maximum atomic E-state index is 12.7. The Morgan fingerprint density at radius 3 is 2.53 bits per heavy atom. The van der Waals surface area contributed by atoms with E-state index >= 15 is 0 Å². The highest BCUT2D eigenvalue weighted by Gasteiger charge is 2.32. The number of rotatable bonds is 6. The van der Waals surface area contributed by atoms with Gasteiger partial charge in [-0.1, -0.05) is 43.2 Å². The van der Waals surface area contributed by atoms with Crippen molar-refractivity contribution in [3.63, 3.8) is 0 Å². The number of aliphatic imine (C=N–C) groups is 1. The van der Waals surface area contributed by atoms with Gasteiger partial charge in [0.25, 0.3) is 0 Å². The first-order valence-electron chi connectivity index (χ1n) is 11.9. The van der Waals surface area contributed by atoms with E-state index < -0.39 is 0 Å². The summed E-state index contributed by atoms with van der Waals surface area (Å²) in [4.78, 5) is 21.7. The van der Waals surface area contributed by atoms with Crippen LogP contribution in [-0.4, -0.2) is 80.7 Å². The third-order valence-electron chi connectivity index (χ3n) is 6.90. The minimum absolute atomic E-state index is 0. The van der Waals surface area contributed by atoms with Crippen LogP contribution in [0.15, 0.2) is 35.3 Å². The van der Waals surface area contributed by atoms with Gasteiger partial charge in [0, 0.05) is 51.7 Å². The maximum Gasteiger partial charge on any atom is 0.225 e. The van der Waals surface area contributed by atoms with Crippen molar-refractivity contribution in [1.29, 1.82) is 0 Å². The first-order chi connectivity index (χ1) is 15.2. The van der Waals surface area contributed by atoms with Crippen molar-refractivity contribution < 1.29 is 9.53 Å². The number of hydrogen-bond donors (Lipinski definition) is 2. The molecular weight excluding hydrogens is 517 g/mol. The van der Waals surface area contributed by atoms with Crippen LogP contribution in [0.2, 0.25) is 0 Å². The summed E-state index contributed by atoms with van der Waals surface area (Å²) in [7, 11) is 1.82. The van der Waals surface area contributed by atoms with Crippen LogP contribution in [0.25, 0.3) is 0 Å². The van der Waals surface area contributed by atoms with E-state index in [-0.39, 0.29) is 42.0 Å². The summed E-state index contributed by atoms with van der Waals surface area (Å²) < 4.78 is 5.56. The topological polar surface area (TPSA) is 69.2 Å². The lowest BCUT2D eigenvalue weighted by molar-refractivity contribution is -0.134. The van der Waals surface area contributed by atoms with Crippen molar-refractivity contribution in [2.45, 2.75) is 44.2 Å². The van der Waals surface area contributed by atoms with Crippen LogP contribution in [0.1, 0.15) is 43.7 Å². The molecule has 0 bridgehead atoms. The molecule has 2 heterocycles. The molecule has 2 aliphatic heterocycles. The van der Waals surface area contributed by atoms with Crippen LogP contribution in [0.5, 0.6) is 0 Å². The number of carbonyl (C=O) groups is 1. The Bertz CT molecular complexity index is 735. The van der Waals surface area contributed by atoms with Crippen LogP contribution >= 0.6 is 24.0 Å². The number of morpholine rings is 1. The quantitative estimate of drug-likeness (QED) is 0.321. The molecule has 1 saturated carbocycles. The van der Waals surface area contributed by atoms with Gasteiger partial charge in [0.1, 0.15) is 0 Å². The lowest BCUT2D eigenvalue weighted by atomic mass is 10.0. The Labute approximate surface area is 209 Å². The van der Waals surface area contributed by atoms with Gasteiger partial charge in [0.2, 0.25) is 5.91 Å². The zero-order valence-electron chi connectivity index (χ0n) is 19.2. The number of halogens is 1. The second-order valence-electron chi connectivity index (χ2n) is 8.92. The van der Waals surface area contributed by atoms with E-state index in [0.29, 0.717) is 5.91 Å². The fourth-order valence-corrected chi connectivity index (χ4v) is 5.11. The van der Waals surface area contributed by atoms with Crippen LogP contribution in [-0.2, 0) is 9.53 Å². The molecule has 2 N–H and O–H groups in total. The fourth-order valence-electron chi connectivity index (χ4n) is 5.11. The summed E-state index contributed by atoms with van der Waals surface area (Å²) in [6.45, 7) is 5.85. The van der Waals surface area contributed by atoms with E-state index in [0.717, 1.165) is 71.2 Å². The number of ether oxygens (including phenoxy) is 1. The number of amides is 1. The van der Waals surface area contributed by atoms with E-state index in [1.165, 1.54) is 18.4 Å². The molecule has 4 rings (SSSR count). The van der Waals surface area contributed by atoms with Crippen molar-refractivity contribution in [2.75, 3.05) is 53.0 Å². The number of hydrogen-bond acceptors (Lipinski definition) is 4. The summed E-state index contributed by atoms with van der Waals surface area (Å²) in [5, 5.41) is 7.10. The SMILES string of the molecule is CN=C(NCC(c1ccccc1)N1CCOCC1)NC1CCN(C(=O)C2CCCC2)C1.I. The molecule has 2 atom stereocenters. The second-order valence-corrected chi connectivity index (χ2v) is 8.92. The van der Waals surface area contributed by atoms with Crippen LogP contribution in [0.4, 0.5) is 0 Å². The van der Waals surface area contributed by atoms with Gasteiger partial charge in [-0.3, -0.25) is 14.7 Å². The average Bonchev–Trinajstić information content (AvgIpc) is 3.52.